The Labute approximate surface area is 117 Å². The highest BCUT2D eigenvalue weighted by atomic mass is 16.2. The average Bonchev–Trinajstić information content (AvgIpc) is 3.01. The minimum atomic E-state index is 0.0121. The van der Waals surface area contributed by atoms with E-state index in [0.717, 1.165) is 31.2 Å². The van der Waals surface area contributed by atoms with Crippen LogP contribution in [0.1, 0.15) is 47.0 Å². The summed E-state index contributed by atoms with van der Waals surface area (Å²) in [5.41, 5.74) is 6.19. The Hall–Kier alpha value is -0.570. The van der Waals surface area contributed by atoms with E-state index in [9.17, 15) is 4.79 Å². The molecule has 2 saturated carbocycles. The van der Waals surface area contributed by atoms with Crippen molar-refractivity contribution in [3.8, 4) is 0 Å². The maximum Gasteiger partial charge on any atom is 0.225 e. The summed E-state index contributed by atoms with van der Waals surface area (Å²) >= 11 is 0. The molecule has 3 heteroatoms. The fourth-order valence-corrected chi connectivity index (χ4v) is 3.65. The monoisotopic (exact) mass is 266 g/mol. The van der Waals surface area contributed by atoms with Crippen LogP contribution in [-0.4, -0.2) is 30.4 Å². The molecule has 2 fully saturated rings. The number of hydrogen-bond donors (Lipinski definition) is 1. The van der Waals surface area contributed by atoms with Gasteiger partial charge in [0.15, 0.2) is 0 Å². The van der Waals surface area contributed by atoms with Crippen LogP contribution < -0.4 is 5.73 Å². The fraction of sp³-hybridized carbons (Fsp3) is 0.938. The molecule has 1 amide bonds. The lowest BCUT2D eigenvalue weighted by Gasteiger charge is -2.47. The largest absolute Gasteiger partial charge is 0.345 e. The van der Waals surface area contributed by atoms with Gasteiger partial charge >= 0.3 is 0 Å². The number of hydrogen-bond acceptors (Lipinski definition) is 2. The Balaban J connectivity index is 2.01. The molecular formula is C16H30N2O. The van der Waals surface area contributed by atoms with Gasteiger partial charge in [-0.1, -0.05) is 27.7 Å². The highest BCUT2D eigenvalue weighted by molar-refractivity contribution is 5.79. The minimum absolute atomic E-state index is 0.0121. The number of carbonyl (C=O) groups is 1. The maximum absolute atomic E-state index is 12.7. The van der Waals surface area contributed by atoms with Gasteiger partial charge in [0.05, 0.1) is 0 Å². The average molecular weight is 266 g/mol. The zero-order chi connectivity index (χ0) is 14.4. The van der Waals surface area contributed by atoms with Crippen molar-refractivity contribution < 1.29 is 4.79 Å². The zero-order valence-corrected chi connectivity index (χ0v) is 13.1. The van der Waals surface area contributed by atoms with Crippen molar-refractivity contribution in [1.29, 1.82) is 0 Å². The first kappa shape index (κ1) is 14.8. The molecule has 2 rings (SSSR count). The smallest absolute Gasteiger partial charge is 0.225 e. The molecule has 0 aromatic carbocycles. The highest BCUT2D eigenvalue weighted by Gasteiger charge is 2.46. The standard InChI is InChI=1S/C16H30N2O/c1-10-8-12(10)9-18(5)15(19)13-6-7-14(17)11(2)16(13,3)4/h10-14H,6-9,17H2,1-5H3. The molecule has 0 heterocycles. The summed E-state index contributed by atoms with van der Waals surface area (Å²) in [4.78, 5) is 14.7. The molecular weight excluding hydrogens is 236 g/mol. The predicted molar refractivity (Wildman–Crippen MR) is 78.6 cm³/mol. The summed E-state index contributed by atoms with van der Waals surface area (Å²) in [6.07, 6.45) is 3.21. The molecule has 2 aliphatic rings. The molecule has 0 radical (unpaired) electrons. The first-order chi connectivity index (χ1) is 8.75. The molecule has 0 aromatic rings. The molecule has 3 nitrogen and oxygen atoms in total. The van der Waals surface area contributed by atoms with Gasteiger partial charge in [-0.05, 0) is 42.4 Å². The third-order valence-electron chi connectivity index (χ3n) is 5.96. The number of amides is 1. The van der Waals surface area contributed by atoms with Crippen molar-refractivity contribution in [1.82, 2.24) is 4.90 Å². The first-order valence-electron chi connectivity index (χ1n) is 7.75. The van der Waals surface area contributed by atoms with Crippen molar-refractivity contribution in [2.24, 2.45) is 34.8 Å². The summed E-state index contributed by atoms with van der Waals surface area (Å²) in [5, 5.41) is 0. The van der Waals surface area contributed by atoms with E-state index in [1.165, 1.54) is 6.42 Å². The Kier molecular flexibility index (Phi) is 3.97. The summed E-state index contributed by atoms with van der Waals surface area (Å²) in [6, 6.07) is 0.243. The predicted octanol–water partition coefficient (Wildman–Crippen LogP) is 2.50. The Morgan fingerprint density at radius 2 is 1.89 bits per heavy atom. The molecule has 5 unspecified atom stereocenters. The van der Waals surface area contributed by atoms with E-state index in [4.69, 9.17) is 5.73 Å². The summed E-state index contributed by atoms with van der Waals surface area (Å²) in [7, 11) is 1.97. The number of nitrogens with two attached hydrogens (primary N) is 1. The second kappa shape index (κ2) is 5.08. The van der Waals surface area contributed by atoms with Gasteiger partial charge < -0.3 is 10.6 Å². The van der Waals surface area contributed by atoms with Crippen LogP contribution in [-0.2, 0) is 4.79 Å². The first-order valence-corrected chi connectivity index (χ1v) is 7.75. The van der Waals surface area contributed by atoms with Gasteiger partial charge in [0.1, 0.15) is 0 Å². The van der Waals surface area contributed by atoms with E-state index in [2.05, 4.69) is 27.7 Å². The lowest BCUT2D eigenvalue weighted by molar-refractivity contribution is -0.142. The van der Waals surface area contributed by atoms with Gasteiger partial charge in [-0.25, -0.2) is 0 Å². The molecule has 0 aromatic heterocycles. The molecule has 110 valence electrons. The van der Waals surface area contributed by atoms with Gasteiger partial charge in [-0.3, -0.25) is 4.79 Å². The molecule has 0 saturated heterocycles. The van der Waals surface area contributed by atoms with Crippen LogP contribution in [0.3, 0.4) is 0 Å². The second-order valence-corrected chi connectivity index (χ2v) is 7.60. The van der Waals surface area contributed by atoms with Crippen molar-refractivity contribution >= 4 is 5.91 Å². The Bertz CT molecular complexity index is 353. The molecule has 0 spiro atoms. The summed E-state index contributed by atoms with van der Waals surface area (Å²) < 4.78 is 0. The minimum Gasteiger partial charge on any atom is -0.345 e. The van der Waals surface area contributed by atoms with Crippen molar-refractivity contribution in [2.75, 3.05) is 13.6 Å². The van der Waals surface area contributed by atoms with Crippen LogP contribution in [0.5, 0.6) is 0 Å². The Morgan fingerprint density at radius 3 is 2.42 bits per heavy atom. The van der Waals surface area contributed by atoms with Gasteiger partial charge in [0.2, 0.25) is 5.91 Å². The van der Waals surface area contributed by atoms with Crippen molar-refractivity contribution in [3.05, 3.63) is 0 Å². The van der Waals surface area contributed by atoms with Crippen LogP contribution in [0.25, 0.3) is 0 Å². The van der Waals surface area contributed by atoms with E-state index in [1.807, 2.05) is 11.9 Å². The number of carbonyl (C=O) groups excluding carboxylic acids is 1. The molecule has 0 aliphatic heterocycles. The lowest BCUT2D eigenvalue weighted by Crippen LogP contribution is -2.52. The number of rotatable bonds is 3. The quantitative estimate of drug-likeness (QED) is 0.853. The van der Waals surface area contributed by atoms with Crippen LogP contribution in [0.2, 0.25) is 0 Å². The van der Waals surface area contributed by atoms with Crippen LogP contribution in [0.4, 0.5) is 0 Å². The second-order valence-electron chi connectivity index (χ2n) is 7.60. The SMILES string of the molecule is CC1CC1CN(C)C(=O)C1CCC(N)C(C)C1(C)C. The molecule has 2 aliphatic carbocycles. The highest BCUT2D eigenvalue weighted by Crippen LogP contribution is 2.45. The van der Waals surface area contributed by atoms with E-state index in [0.29, 0.717) is 11.8 Å². The lowest BCUT2D eigenvalue weighted by atomic mass is 9.60. The number of nitrogens with zero attached hydrogens (tertiary/aromatic N) is 1. The van der Waals surface area contributed by atoms with Crippen molar-refractivity contribution in [3.63, 3.8) is 0 Å². The van der Waals surface area contributed by atoms with Crippen LogP contribution >= 0.6 is 0 Å². The molecule has 19 heavy (non-hydrogen) atoms. The summed E-state index contributed by atoms with van der Waals surface area (Å²) in [5.74, 6) is 2.43. The third-order valence-corrected chi connectivity index (χ3v) is 5.96. The Morgan fingerprint density at radius 1 is 1.32 bits per heavy atom. The topological polar surface area (TPSA) is 46.3 Å². The molecule has 2 N–H and O–H groups in total. The van der Waals surface area contributed by atoms with E-state index >= 15 is 0 Å². The van der Waals surface area contributed by atoms with Gasteiger partial charge in [0, 0.05) is 25.6 Å². The van der Waals surface area contributed by atoms with Crippen molar-refractivity contribution in [2.45, 2.75) is 53.0 Å². The fourth-order valence-electron chi connectivity index (χ4n) is 3.65. The summed E-state index contributed by atoms with van der Waals surface area (Å²) in [6.45, 7) is 9.84. The third kappa shape index (κ3) is 2.81. The van der Waals surface area contributed by atoms with Crippen LogP contribution in [0, 0.1) is 29.1 Å². The van der Waals surface area contributed by atoms with E-state index in [-0.39, 0.29) is 17.4 Å². The van der Waals surface area contributed by atoms with E-state index < -0.39 is 0 Å². The van der Waals surface area contributed by atoms with E-state index in [1.54, 1.807) is 0 Å². The maximum atomic E-state index is 12.7. The normalized spacial score (nSPS) is 40.8. The van der Waals surface area contributed by atoms with Gasteiger partial charge in [-0.15, -0.1) is 0 Å². The zero-order valence-electron chi connectivity index (χ0n) is 13.1. The van der Waals surface area contributed by atoms with Crippen LogP contribution in [0.15, 0.2) is 0 Å². The molecule has 0 bridgehead atoms. The van der Waals surface area contributed by atoms with Gasteiger partial charge in [0.25, 0.3) is 0 Å². The van der Waals surface area contributed by atoms with Gasteiger partial charge in [-0.2, -0.15) is 0 Å². The molecule has 5 atom stereocenters.